The maximum Gasteiger partial charge on any atom is 0.330 e. The zero-order valence-electron chi connectivity index (χ0n) is 15.1. The summed E-state index contributed by atoms with van der Waals surface area (Å²) in [4.78, 5) is 11.1. The van der Waals surface area contributed by atoms with E-state index in [1.807, 2.05) is 25.2 Å². The number of ether oxygens (including phenoxy) is 1. The van der Waals surface area contributed by atoms with Crippen molar-refractivity contribution in [3.63, 3.8) is 0 Å². The number of carbonyl (C=O) groups excluding carboxylic acids is 1. The molecule has 0 atom stereocenters. The number of allylic oxidation sites excluding steroid dienone is 11. The SMILES string of the molecule is COC(=O)\C=C(C)/C=C/C=C(C)\C=C\C1=C(C)C=CCC1(C)C. The molecule has 124 valence electrons. The standard InChI is InChI=1S/C21H28O2/c1-16(9-7-10-17(2)15-20(22)23-6)12-13-19-18(3)11-8-14-21(19,4)5/h7-13,15H,14H2,1-6H3/b10-7+,13-12+,16-9-,17-15-. The van der Waals surface area contributed by atoms with Crippen molar-refractivity contribution in [2.24, 2.45) is 5.41 Å². The zero-order valence-corrected chi connectivity index (χ0v) is 15.1. The molecule has 0 heterocycles. The zero-order chi connectivity index (χ0) is 17.5. The third-order valence-electron chi connectivity index (χ3n) is 3.93. The van der Waals surface area contributed by atoms with Gasteiger partial charge in [-0.2, -0.15) is 0 Å². The molecule has 0 aromatic rings. The molecule has 1 rings (SSSR count). The molecular weight excluding hydrogens is 284 g/mol. The van der Waals surface area contributed by atoms with E-state index in [1.54, 1.807) is 0 Å². The lowest BCUT2D eigenvalue weighted by Crippen LogP contribution is -2.16. The first kappa shape index (κ1) is 19.0. The Balaban J connectivity index is 2.79. The van der Waals surface area contributed by atoms with Crippen LogP contribution in [0.2, 0.25) is 0 Å². The second-order valence-electron chi connectivity index (χ2n) is 6.60. The van der Waals surface area contributed by atoms with Gasteiger partial charge < -0.3 is 4.74 Å². The van der Waals surface area contributed by atoms with Crippen molar-refractivity contribution in [1.82, 2.24) is 0 Å². The number of esters is 1. The number of methoxy groups -OCH3 is 1. The Morgan fingerprint density at radius 2 is 1.91 bits per heavy atom. The predicted octanol–water partition coefficient (Wildman–Crippen LogP) is 5.47. The highest BCUT2D eigenvalue weighted by molar-refractivity contribution is 5.83. The van der Waals surface area contributed by atoms with Gasteiger partial charge in [-0.25, -0.2) is 4.79 Å². The van der Waals surface area contributed by atoms with E-state index in [4.69, 9.17) is 0 Å². The van der Waals surface area contributed by atoms with E-state index in [-0.39, 0.29) is 11.4 Å². The van der Waals surface area contributed by atoms with Crippen molar-refractivity contribution < 1.29 is 9.53 Å². The van der Waals surface area contributed by atoms with Gasteiger partial charge in [-0.05, 0) is 49.3 Å². The van der Waals surface area contributed by atoms with Gasteiger partial charge in [0.15, 0.2) is 0 Å². The Labute approximate surface area is 140 Å². The first-order valence-electron chi connectivity index (χ1n) is 7.93. The first-order chi connectivity index (χ1) is 10.8. The second-order valence-corrected chi connectivity index (χ2v) is 6.60. The molecule has 0 radical (unpaired) electrons. The van der Waals surface area contributed by atoms with E-state index in [2.05, 4.69) is 56.7 Å². The monoisotopic (exact) mass is 312 g/mol. The predicted molar refractivity (Wildman–Crippen MR) is 98.0 cm³/mol. The molecule has 2 heteroatoms. The van der Waals surface area contributed by atoms with E-state index in [0.717, 1.165) is 17.6 Å². The van der Waals surface area contributed by atoms with Crippen LogP contribution >= 0.6 is 0 Å². The molecular formula is C21H28O2. The largest absolute Gasteiger partial charge is 0.466 e. The first-order valence-corrected chi connectivity index (χ1v) is 7.93. The van der Waals surface area contributed by atoms with Gasteiger partial charge in [0, 0.05) is 6.08 Å². The van der Waals surface area contributed by atoms with Crippen LogP contribution < -0.4 is 0 Å². The molecule has 0 saturated carbocycles. The minimum Gasteiger partial charge on any atom is -0.466 e. The average Bonchev–Trinajstić information content (AvgIpc) is 2.45. The molecule has 0 aromatic heterocycles. The van der Waals surface area contributed by atoms with Crippen LogP contribution in [-0.4, -0.2) is 13.1 Å². The van der Waals surface area contributed by atoms with Crippen LogP contribution in [0.25, 0.3) is 0 Å². The Kier molecular flexibility index (Phi) is 7.02. The summed E-state index contributed by atoms with van der Waals surface area (Å²) >= 11 is 0. The van der Waals surface area contributed by atoms with Crippen LogP contribution in [0.3, 0.4) is 0 Å². The van der Waals surface area contributed by atoms with Gasteiger partial charge in [0.2, 0.25) is 0 Å². The number of hydrogen-bond acceptors (Lipinski definition) is 2. The highest BCUT2D eigenvalue weighted by atomic mass is 16.5. The number of hydrogen-bond donors (Lipinski definition) is 0. The summed E-state index contributed by atoms with van der Waals surface area (Å²) in [6.07, 6.45) is 17.2. The molecule has 0 aromatic carbocycles. The van der Waals surface area contributed by atoms with Gasteiger partial charge in [-0.1, -0.05) is 62.0 Å². The molecule has 23 heavy (non-hydrogen) atoms. The Hall–Kier alpha value is -2.09. The highest BCUT2D eigenvalue weighted by Gasteiger charge is 2.23. The third kappa shape index (κ3) is 6.27. The molecule has 0 N–H and O–H groups in total. The fraction of sp³-hybridized carbons (Fsp3) is 0.381. The Morgan fingerprint density at radius 1 is 1.22 bits per heavy atom. The van der Waals surface area contributed by atoms with Gasteiger partial charge in [-0.15, -0.1) is 0 Å². The molecule has 0 aliphatic heterocycles. The van der Waals surface area contributed by atoms with Gasteiger partial charge in [0.05, 0.1) is 7.11 Å². The Morgan fingerprint density at radius 3 is 2.52 bits per heavy atom. The van der Waals surface area contributed by atoms with E-state index in [0.29, 0.717) is 0 Å². The third-order valence-corrected chi connectivity index (χ3v) is 3.93. The highest BCUT2D eigenvalue weighted by Crippen LogP contribution is 2.37. The summed E-state index contributed by atoms with van der Waals surface area (Å²) in [6, 6.07) is 0. The van der Waals surface area contributed by atoms with Crippen LogP contribution in [0, 0.1) is 5.41 Å². The number of rotatable bonds is 5. The lowest BCUT2D eigenvalue weighted by Gasteiger charge is -2.29. The van der Waals surface area contributed by atoms with Crippen molar-refractivity contribution >= 4 is 5.97 Å². The van der Waals surface area contributed by atoms with E-state index >= 15 is 0 Å². The van der Waals surface area contributed by atoms with Crippen molar-refractivity contribution in [2.75, 3.05) is 7.11 Å². The molecule has 1 aliphatic rings. The van der Waals surface area contributed by atoms with Crippen LogP contribution in [0.15, 0.2) is 70.9 Å². The minimum absolute atomic E-state index is 0.186. The smallest absolute Gasteiger partial charge is 0.330 e. The minimum atomic E-state index is -0.331. The van der Waals surface area contributed by atoms with Gasteiger partial charge >= 0.3 is 5.97 Å². The summed E-state index contributed by atoms with van der Waals surface area (Å²) in [7, 11) is 1.38. The van der Waals surface area contributed by atoms with Gasteiger partial charge in [0.1, 0.15) is 0 Å². The summed E-state index contributed by atoms with van der Waals surface area (Å²) in [5.41, 5.74) is 4.93. The topological polar surface area (TPSA) is 26.3 Å². The molecule has 2 nitrogen and oxygen atoms in total. The lowest BCUT2D eigenvalue weighted by atomic mass is 9.75. The molecule has 0 fully saturated rings. The van der Waals surface area contributed by atoms with Crippen molar-refractivity contribution in [3.8, 4) is 0 Å². The van der Waals surface area contributed by atoms with Crippen LogP contribution in [0.1, 0.15) is 41.0 Å². The summed E-state index contributed by atoms with van der Waals surface area (Å²) < 4.78 is 4.60. The summed E-state index contributed by atoms with van der Waals surface area (Å²) in [6.45, 7) is 10.7. The summed E-state index contributed by atoms with van der Waals surface area (Å²) in [5.74, 6) is -0.331. The molecule has 0 amide bonds. The van der Waals surface area contributed by atoms with Crippen LogP contribution in [0.4, 0.5) is 0 Å². The second kappa shape index (κ2) is 8.52. The molecule has 0 saturated heterocycles. The van der Waals surface area contributed by atoms with Crippen LogP contribution in [-0.2, 0) is 9.53 Å². The molecule has 1 aliphatic carbocycles. The van der Waals surface area contributed by atoms with Crippen molar-refractivity contribution in [3.05, 3.63) is 70.9 Å². The fourth-order valence-electron chi connectivity index (χ4n) is 2.54. The lowest BCUT2D eigenvalue weighted by molar-refractivity contribution is -0.134. The van der Waals surface area contributed by atoms with E-state index < -0.39 is 0 Å². The average molecular weight is 312 g/mol. The maximum atomic E-state index is 11.1. The molecule has 0 spiro atoms. The molecule has 0 bridgehead atoms. The normalized spacial score (nSPS) is 19.0. The van der Waals surface area contributed by atoms with Gasteiger partial charge in [-0.3, -0.25) is 0 Å². The maximum absolute atomic E-state index is 11.1. The Bertz CT molecular complexity index is 620. The van der Waals surface area contributed by atoms with Crippen molar-refractivity contribution in [1.29, 1.82) is 0 Å². The van der Waals surface area contributed by atoms with Crippen LogP contribution in [0.5, 0.6) is 0 Å². The quantitative estimate of drug-likeness (QED) is 0.382. The molecule has 0 unspecified atom stereocenters. The van der Waals surface area contributed by atoms with Crippen molar-refractivity contribution in [2.45, 2.75) is 41.0 Å². The van der Waals surface area contributed by atoms with E-state index in [9.17, 15) is 4.79 Å². The van der Waals surface area contributed by atoms with Gasteiger partial charge in [0.25, 0.3) is 0 Å². The number of carbonyl (C=O) groups is 1. The fourth-order valence-corrected chi connectivity index (χ4v) is 2.54. The summed E-state index contributed by atoms with van der Waals surface area (Å²) in [5, 5.41) is 0. The van der Waals surface area contributed by atoms with E-state index in [1.165, 1.54) is 24.3 Å².